The Morgan fingerprint density at radius 3 is 3.04 bits per heavy atom. The van der Waals surface area contributed by atoms with E-state index in [1.165, 1.54) is 41.9 Å². The van der Waals surface area contributed by atoms with E-state index in [1.807, 2.05) is 17.5 Å². The second-order valence-electron chi connectivity index (χ2n) is 4.88. The summed E-state index contributed by atoms with van der Waals surface area (Å²) >= 11 is 2.85. The minimum atomic E-state index is -0.472. The molecule has 124 valence electrons. The zero-order valence-electron chi connectivity index (χ0n) is 12.8. The van der Waals surface area contributed by atoms with Crippen molar-refractivity contribution >= 4 is 28.9 Å². The molecule has 0 atom stereocenters. The highest BCUT2D eigenvalue weighted by molar-refractivity contribution is 7.99. The van der Waals surface area contributed by atoms with Gasteiger partial charge in [-0.2, -0.15) is 0 Å². The fourth-order valence-corrected chi connectivity index (χ4v) is 3.52. The number of Topliss-reactive ketones (excluding diaryl/α,β-unsaturated/α-hetero) is 1. The molecule has 24 heavy (non-hydrogen) atoms. The van der Waals surface area contributed by atoms with Gasteiger partial charge < -0.3 is 4.74 Å². The van der Waals surface area contributed by atoms with E-state index < -0.39 is 5.82 Å². The average Bonchev–Trinajstić information content (AvgIpc) is 3.25. The molecule has 0 aliphatic carbocycles. The molecule has 0 saturated carbocycles. The molecule has 3 aromatic rings. The molecule has 8 heteroatoms. The van der Waals surface area contributed by atoms with Crippen LogP contribution in [-0.4, -0.2) is 33.8 Å². The standard InChI is InChI=1S/C16H14FN3O2S2/c1-22-14-5-4-10(17)7-12(14)13(21)9-24-16-18-15(19-20-16)8-11-3-2-6-23-11/h2-7H,8-9H2,1H3,(H,18,19,20). The number of nitrogens with zero attached hydrogens (tertiary/aromatic N) is 2. The molecule has 1 N–H and O–H groups in total. The highest BCUT2D eigenvalue weighted by Crippen LogP contribution is 2.23. The largest absolute Gasteiger partial charge is 0.496 e. The van der Waals surface area contributed by atoms with Crippen molar-refractivity contribution in [3.05, 3.63) is 57.8 Å². The molecule has 0 aliphatic rings. The molecule has 5 nitrogen and oxygen atoms in total. The molecular formula is C16H14FN3O2S2. The summed E-state index contributed by atoms with van der Waals surface area (Å²) in [6.07, 6.45) is 0.677. The molecule has 0 bridgehead atoms. The van der Waals surface area contributed by atoms with Crippen LogP contribution in [-0.2, 0) is 6.42 Å². The predicted molar refractivity (Wildman–Crippen MR) is 91.5 cm³/mol. The lowest BCUT2D eigenvalue weighted by molar-refractivity contribution is 0.101. The summed E-state index contributed by atoms with van der Waals surface area (Å²) < 4.78 is 18.5. The number of nitrogens with one attached hydrogen (secondary N) is 1. The van der Waals surface area contributed by atoms with Gasteiger partial charge >= 0.3 is 0 Å². The Hall–Kier alpha value is -2.19. The first-order valence-electron chi connectivity index (χ1n) is 7.09. The van der Waals surface area contributed by atoms with Gasteiger partial charge in [-0.15, -0.1) is 16.4 Å². The van der Waals surface area contributed by atoms with Crippen LogP contribution < -0.4 is 4.74 Å². The normalized spacial score (nSPS) is 10.8. The Bertz CT molecular complexity index is 834. The van der Waals surface area contributed by atoms with Gasteiger partial charge in [0.2, 0.25) is 5.16 Å². The number of rotatable bonds is 7. The van der Waals surface area contributed by atoms with Crippen LogP contribution in [0.3, 0.4) is 0 Å². The minimum Gasteiger partial charge on any atom is -0.496 e. The van der Waals surface area contributed by atoms with Gasteiger partial charge in [-0.25, -0.2) is 9.37 Å². The third-order valence-corrected chi connectivity index (χ3v) is 4.95. The summed E-state index contributed by atoms with van der Waals surface area (Å²) in [5.74, 6) is 0.503. The summed E-state index contributed by atoms with van der Waals surface area (Å²) in [5, 5.41) is 9.46. The Labute approximate surface area is 146 Å². The lowest BCUT2D eigenvalue weighted by Gasteiger charge is -2.06. The smallest absolute Gasteiger partial charge is 0.208 e. The van der Waals surface area contributed by atoms with Crippen LogP contribution in [0, 0.1) is 5.82 Å². The predicted octanol–water partition coefficient (Wildman–Crippen LogP) is 3.58. The number of ketones is 1. The minimum absolute atomic E-state index is 0.107. The maximum atomic E-state index is 13.3. The van der Waals surface area contributed by atoms with Crippen LogP contribution in [0.4, 0.5) is 4.39 Å². The maximum absolute atomic E-state index is 13.3. The molecule has 0 saturated heterocycles. The molecule has 0 fully saturated rings. The number of aromatic amines is 1. The SMILES string of the molecule is COc1ccc(F)cc1C(=O)CSc1n[nH]c(Cc2cccs2)n1. The number of carbonyl (C=O) groups is 1. The van der Waals surface area contributed by atoms with Crippen LogP contribution in [0.15, 0.2) is 40.9 Å². The van der Waals surface area contributed by atoms with E-state index in [0.717, 1.165) is 5.82 Å². The van der Waals surface area contributed by atoms with Crippen molar-refractivity contribution < 1.29 is 13.9 Å². The van der Waals surface area contributed by atoms with Crippen molar-refractivity contribution in [1.82, 2.24) is 15.2 Å². The molecule has 2 heterocycles. The lowest BCUT2D eigenvalue weighted by atomic mass is 10.1. The van der Waals surface area contributed by atoms with Gasteiger partial charge in [-0.3, -0.25) is 9.89 Å². The number of hydrogen-bond acceptors (Lipinski definition) is 6. The second-order valence-corrected chi connectivity index (χ2v) is 6.85. The van der Waals surface area contributed by atoms with E-state index >= 15 is 0 Å². The fraction of sp³-hybridized carbons (Fsp3) is 0.188. The molecule has 0 amide bonds. The van der Waals surface area contributed by atoms with Crippen molar-refractivity contribution in [3.8, 4) is 5.75 Å². The van der Waals surface area contributed by atoms with Gasteiger partial charge in [0.25, 0.3) is 0 Å². The quantitative estimate of drug-likeness (QED) is 0.513. The van der Waals surface area contributed by atoms with Gasteiger partial charge in [0.05, 0.1) is 18.4 Å². The zero-order valence-corrected chi connectivity index (χ0v) is 14.4. The number of thiophene rings is 1. The Morgan fingerprint density at radius 2 is 2.29 bits per heavy atom. The molecule has 2 aromatic heterocycles. The van der Waals surface area contributed by atoms with Gasteiger partial charge in [0.15, 0.2) is 5.78 Å². The summed E-state index contributed by atoms with van der Waals surface area (Å²) in [7, 11) is 1.45. The number of aromatic nitrogens is 3. The van der Waals surface area contributed by atoms with Gasteiger partial charge in [-0.05, 0) is 29.6 Å². The molecule has 0 radical (unpaired) electrons. The van der Waals surface area contributed by atoms with Crippen LogP contribution in [0.25, 0.3) is 0 Å². The first-order chi connectivity index (χ1) is 11.7. The van der Waals surface area contributed by atoms with E-state index in [1.54, 1.807) is 11.3 Å². The first-order valence-corrected chi connectivity index (χ1v) is 8.95. The fourth-order valence-electron chi connectivity index (χ4n) is 2.11. The van der Waals surface area contributed by atoms with Crippen molar-refractivity contribution in [2.75, 3.05) is 12.9 Å². The van der Waals surface area contributed by atoms with Gasteiger partial charge in [0.1, 0.15) is 17.4 Å². The molecule has 3 rings (SSSR count). The number of ether oxygens (including phenoxy) is 1. The average molecular weight is 363 g/mol. The molecular weight excluding hydrogens is 349 g/mol. The Kier molecular flexibility index (Phi) is 5.27. The van der Waals surface area contributed by atoms with E-state index in [-0.39, 0.29) is 17.1 Å². The number of halogens is 1. The van der Waals surface area contributed by atoms with Crippen LogP contribution >= 0.6 is 23.1 Å². The number of methoxy groups -OCH3 is 1. The maximum Gasteiger partial charge on any atom is 0.208 e. The van der Waals surface area contributed by atoms with Crippen LogP contribution in [0.5, 0.6) is 5.75 Å². The Morgan fingerprint density at radius 1 is 1.42 bits per heavy atom. The van der Waals surface area contributed by atoms with E-state index in [9.17, 15) is 9.18 Å². The van der Waals surface area contributed by atoms with Crippen molar-refractivity contribution in [2.24, 2.45) is 0 Å². The summed E-state index contributed by atoms with van der Waals surface area (Å²) in [6.45, 7) is 0. The number of thioether (sulfide) groups is 1. The monoisotopic (exact) mass is 363 g/mol. The lowest BCUT2D eigenvalue weighted by Crippen LogP contribution is -2.05. The molecule has 0 unspecified atom stereocenters. The van der Waals surface area contributed by atoms with Crippen molar-refractivity contribution in [3.63, 3.8) is 0 Å². The molecule has 0 spiro atoms. The highest BCUT2D eigenvalue weighted by Gasteiger charge is 2.15. The number of H-pyrrole nitrogens is 1. The first kappa shape index (κ1) is 16.7. The second kappa shape index (κ2) is 7.59. The molecule has 0 aliphatic heterocycles. The summed E-state index contributed by atoms with van der Waals surface area (Å²) in [5.41, 5.74) is 0.222. The number of benzene rings is 1. The van der Waals surface area contributed by atoms with Gasteiger partial charge in [-0.1, -0.05) is 17.8 Å². The van der Waals surface area contributed by atoms with Crippen molar-refractivity contribution in [1.29, 1.82) is 0 Å². The summed E-state index contributed by atoms with van der Waals surface area (Å²) in [6, 6.07) is 7.90. The third kappa shape index (κ3) is 4.01. The Balaban J connectivity index is 1.62. The summed E-state index contributed by atoms with van der Waals surface area (Å²) in [4.78, 5) is 17.8. The van der Waals surface area contributed by atoms with Crippen LogP contribution in [0.2, 0.25) is 0 Å². The number of hydrogen-bond donors (Lipinski definition) is 1. The number of carbonyl (C=O) groups excluding carboxylic acids is 1. The van der Waals surface area contributed by atoms with E-state index in [2.05, 4.69) is 15.2 Å². The van der Waals surface area contributed by atoms with Crippen LogP contribution in [0.1, 0.15) is 21.1 Å². The molecule has 1 aromatic carbocycles. The van der Waals surface area contributed by atoms with E-state index in [4.69, 9.17) is 4.74 Å². The van der Waals surface area contributed by atoms with Gasteiger partial charge in [0, 0.05) is 11.3 Å². The zero-order chi connectivity index (χ0) is 16.9. The topological polar surface area (TPSA) is 67.9 Å². The van der Waals surface area contributed by atoms with E-state index in [0.29, 0.717) is 17.3 Å². The van der Waals surface area contributed by atoms with Crippen molar-refractivity contribution in [2.45, 2.75) is 11.6 Å². The third-order valence-electron chi connectivity index (χ3n) is 3.23. The highest BCUT2D eigenvalue weighted by atomic mass is 32.2.